The fraction of sp³-hybridized carbons (Fsp3) is 0.222. The summed E-state index contributed by atoms with van der Waals surface area (Å²) < 4.78 is 3.21. The van der Waals surface area contributed by atoms with Gasteiger partial charge in [-0.3, -0.25) is 5.84 Å². The van der Waals surface area contributed by atoms with Crippen molar-refractivity contribution >= 4 is 33.9 Å². The van der Waals surface area contributed by atoms with E-state index in [4.69, 9.17) is 5.84 Å². The highest BCUT2D eigenvalue weighted by Crippen LogP contribution is 2.25. The number of hydrogen-bond acceptors (Lipinski definition) is 4. The molecule has 3 N–H and O–H groups in total. The molecule has 0 fully saturated rings. The van der Waals surface area contributed by atoms with E-state index in [9.17, 15) is 0 Å². The maximum atomic E-state index is 5.57. The topological polar surface area (TPSA) is 55.9 Å². The molecule has 1 unspecified atom stereocenters. The number of halogens is 1. The molecule has 0 radical (unpaired) electrons. The molecule has 4 nitrogen and oxygen atoms in total. The van der Waals surface area contributed by atoms with Crippen molar-refractivity contribution in [3.05, 3.63) is 38.1 Å². The number of nitrogens with one attached hydrogen (secondary N) is 1. The van der Waals surface area contributed by atoms with Gasteiger partial charge in [0.2, 0.25) is 0 Å². The number of imidazole rings is 1. The predicted octanol–water partition coefficient (Wildman–Crippen LogP) is 1.64. The monoisotopic (exact) mass is 334 g/mol. The number of nitrogens with zero attached hydrogens (tertiary/aromatic N) is 2. The largest absolute Gasteiger partial charge is 0.336 e. The van der Waals surface area contributed by atoms with E-state index < -0.39 is 0 Å². The van der Waals surface area contributed by atoms with Crippen molar-refractivity contribution in [2.75, 3.05) is 0 Å². The lowest BCUT2D eigenvalue weighted by molar-refractivity contribution is 0.581. The minimum absolute atomic E-state index is 0.0373. The Balaban J connectivity index is 2.36. The third-order valence-electron chi connectivity index (χ3n) is 2.20. The van der Waals surface area contributed by atoms with E-state index >= 15 is 0 Å². The summed E-state index contributed by atoms with van der Waals surface area (Å²) in [7, 11) is 1.96. The molecule has 0 bridgehead atoms. The molecule has 2 aromatic heterocycles. The molecule has 2 aromatic rings. The summed E-state index contributed by atoms with van der Waals surface area (Å²) in [5.74, 6) is 6.50. The van der Waals surface area contributed by atoms with Gasteiger partial charge in [-0.2, -0.15) is 0 Å². The molecule has 0 aliphatic carbocycles. The van der Waals surface area contributed by atoms with Crippen molar-refractivity contribution in [3.63, 3.8) is 0 Å². The van der Waals surface area contributed by atoms with Gasteiger partial charge in [-0.05, 0) is 39.6 Å². The fourth-order valence-electron chi connectivity index (χ4n) is 1.45. The molecule has 0 aliphatic rings. The molecule has 0 aliphatic heterocycles. The molecule has 0 saturated heterocycles. The lowest BCUT2D eigenvalue weighted by Crippen LogP contribution is -2.30. The Hall–Kier alpha value is -0.440. The lowest BCUT2D eigenvalue weighted by atomic mass is 10.1. The van der Waals surface area contributed by atoms with Crippen molar-refractivity contribution in [1.82, 2.24) is 15.0 Å². The van der Waals surface area contributed by atoms with Crippen LogP contribution in [-0.2, 0) is 7.05 Å². The molecule has 80 valence electrons. The predicted molar refractivity (Wildman–Crippen MR) is 69.4 cm³/mol. The molecular weight excluding hydrogens is 323 g/mol. The second kappa shape index (κ2) is 4.60. The van der Waals surface area contributed by atoms with E-state index in [1.807, 2.05) is 17.8 Å². The molecule has 0 saturated carbocycles. The molecule has 0 aromatic carbocycles. The quantitative estimate of drug-likeness (QED) is 0.510. The minimum Gasteiger partial charge on any atom is -0.336 e. The number of aromatic nitrogens is 2. The van der Waals surface area contributed by atoms with Crippen LogP contribution in [-0.4, -0.2) is 9.55 Å². The molecule has 2 rings (SSSR count). The summed E-state index contributed by atoms with van der Waals surface area (Å²) in [6.45, 7) is 0. The molecular formula is C9H11IN4S. The van der Waals surface area contributed by atoms with Crippen LogP contribution in [0, 0.1) is 2.88 Å². The highest BCUT2D eigenvalue weighted by molar-refractivity contribution is 14.1. The van der Waals surface area contributed by atoms with Crippen LogP contribution in [0.3, 0.4) is 0 Å². The molecule has 6 heteroatoms. The standard InChI is InChI=1S/C9H11IN4S/c1-14-3-2-12-9(14)8(13-11)6-4-7(10)15-5-6/h2-5,8,13H,11H2,1H3. The number of nitrogens with two attached hydrogens (primary N) is 1. The van der Waals surface area contributed by atoms with Gasteiger partial charge in [0.15, 0.2) is 0 Å². The normalized spacial score (nSPS) is 13.0. The van der Waals surface area contributed by atoms with Gasteiger partial charge in [0, 0.05) is 19.4 Å². The van der Waals surface area contributed by atoms with Crippen LogP contribution in [0.15, 0.2) is 23.8 Å². The van der Waals surface area contributed by atoms with Gasteiger partial charge in [0.05, 0.1) is 2.88 Å². The summed E-state index contributed by atoms with van der Waals surface area (Å²) in [5, 5.41) is 2.10. The Morgan fingerprint density at radius 3 is 2.93 bits per heavy atom. The third kappa shape index (κ3) is 2.22. The van der Waals surface area contributed by atoms with Gasteiger partial charge < -0.3 is 4.57 Å². The molecule has 1 atom stereocenters. The zero-order valence-electron chi connectivity index (χ0n) is 8.14. The van der Waals surface area contributed by atoms with Crippen molar-refractivity contribution < 1.29 is 0 Å². The average Bonchev–Trinajstić information content (AvgIpc) is 2.79. The lowest BCUT2D eigenvalue weighted by Gasteiger charge is -2.14. The summed E-state index contributed by atoms with van der Waals surface area (Å²) >= 11 is 4.00. The van der Waals surface area contributed by atoms with Crippen LogP contribution in [0.4, 0.5) is 0 Å². The van der Waals surface area contributed by atoms with E-state index in [0.717, 1.165) is 11.4 Å². The number of hydrogen-bond donors (Lipinski definition) is 2. The second-order valence-corrected chi connectivity index (χ2v) is 5.99. The first-order valence-electron chi connectivity index (χ1n) is 4.39. The smallest absolute Gasteiger partial charge is 0.131 e. The van der Waals surface area contributed by atoms with Gasteiger partial charge in [-0.25, -0.2) is 10.4 Å². The number of hydrazine groups is 1. The number of rotatable bonds is 3. The van der Waals surface area contributed by atoms with E-state index in [2.05, 4.69) is 44.4 Å². The highest BCUT2D eigenvalue weighted by Gasteiger charge is 2.17. The molecule has 0 amide bonds. The molecule has 0 spiro atoms. The Morgan fingerprint density at radius 2 is 2.47 bits per heavy atom. The van der Waals surface area contributed by atoms with Crippen LogP contribution in [0.1, 0.15) is 17.4 Å². The van der Waals surface area contributed by atoms with Gasteiger partial charge in [0.1, 0.15) is 11.9 Å². The Kier molecular flexibility index (Phi) is 3.39. The maximum Gasteiger partial charge on any atom is 0.131 e. The summed E-state index contributed by atoms with van der Waals surface area (Å²) in [5.41, 5.74) is 3.95. The highest BCUT2D eigenvalue weighted by atomic mass is 127. The fourth-order valence-corrected chi connectivity index (χ4v) is 2.85. The minimum atomic E-state index is -0.0373. The van der Waals surface area contributed by atoms with Gasteiger partial charge in [0.25, 0.3) is 0 Å². The summed E-state index contributed by atoms with van der Waals surface area (Å²) in [6.07, 6.45) is 3.69. The van der Waals surface area contributed by atoms with Crippen molar-refractivity contribution in [2.45, 2.75) is 6.04 Å². The van der Waals surface area contributed by atoms with Gasteiger partial charge in [-0.15, -0.1) is 11.3 Å². The van der Waals surface area contributed by atoms with E-state index in [1.165, 1.54) is 2.88 Å². The molecule has 2 heterocycles. The first-order chi connectivity index (χ1) is 7.22. The Labute approximate surface area is 106 Å². The van der Waals surface area contributed by atoms with Gasteiger partial charge >= 0.3 is 0 Å². The first-order valence-corrected chi connectivity index (χ1v) is 6.35. The van der Waals surface area contributed by atoms with Crippen molar-refractivity contribution in [3.8, 4) is 0 Å². The van der Waals surface area contributed by atoms with E-state index in [1.54, 1.807) is 17.5 Å². The van der Waals surface area contributed by atoms with Crippen LogP contribution in [0.25, 0.3) is 0 Å². The maximum absolute atomic E-state index is 5.57. The Morgan fingerprint density at radius 1 is 1.67 bits per heavy atom. The van der Waals surface area contributed by atoms with Crippen LogP contribution in [0.5, 0.6) is 0 Å². The van der Waals surface area contributed by atoms with Gasteiger partial charge in [-0.1, -0.05) is 0 Å². The SMILES string of the molecule is Cn1ccnc1C(NN)c1csc(I)c1. The first kappa shape index (κ1) is 11.1. The number of aryl methyl sites for hydroxylation is 1. The zero-order valence-corrected chi connectivity index (χ0v) is 11.1. The zero-order chi connectivity index (χ0) is 10.8. The van der Waals surface area contributed by atoms with Crippen LogP contribution >= 0.6 is 33.9 Å². The van der Waals surface area contributed by atoms with Crippen molar-refractivity contribution in [2.24, 2.45) is 12.9 Å². The van der Waals surface area contributed by atoms with E-state index in [-0.39, 0.29) is 6.04 Å². The second-order valence-electron chi connectivity index (χ2n) is 3.18. The van der Waals surface area contributed by atoms with E-state index in [0.29, 0.717) is 0 Å². The average molecular weight is 334 g/mol. The van der Waals surface area contributed by atoms with Crippen LogP contribution < -0.4 is 11.3 Å². The summed E-state index contributed by atoms with van der Waals surface area (Å²) in [4.78, 5) is 4.30. The number of thiophene rings is 1. The Bertz CT molecular complexity index is 450. The molecule has 15 heavy (non-hydrogen) atoms. The van der Waals surface area contributed by atoms with Crippen LogP contribution in [0.2, 0.25) is 0 Å². The third-order valence-corrected chi connectivity index (χ3v) is 4.01. The van der Waals surface area contributed by atoms with Crippen molar-refractivity contribution in [1.29, 1.82) is 0 Å². The summed E-state index contributed by atoms with van der Waals surface area (Å²) in [6, 6.07) is 2.08.